The number of esters is 1. The van der Waals surface area contributed by atoms with Crippen molar-refractivity contribution in [2.45, 2.75) is 32.9 Å². The molecule has 0 saturated carbocycles. The topological polar surface area (TPSA) is 84.9 Å². The minimum atomic E-state index is -0.873. The van der Waals surface area contributed by atoms with E-state index in [4.69, 9.17) is 9.47 Å². The molecule has 138 valence electrons. The molecule has 0 aromatic heterocycles. The summed E-state index contributed by atoms with van der Waals surface area (Å²) < 4.78 is 10.1. The summed E-state index contributed by atoms with van der Waals surface area (Å²) in [6.07, 6.45) is -0.684. The molecule has 0 aliphatic heterocycles. The smallest absolute Gasteiger partial charge is 0.408 e. The maximum Gasteiger partial charge on any atom is 0.408 e. The molecule has 0 fully saturated rings. The molecule has 0 aliphatic rings. The summed E-state index contributed by atoms with van der Waals surface area (Å²) in [5.41, 5.74) is 0.840. The second-order valence-corrected chi connectivity index (χ2v) is 5.90. The highest BCUT2D eigenvalue weighted by molar-refractivity contribution is 5.86. The molecule has 0 saturated heterocycles. The number of benzene rings is 1. The number of alkyl carbamates (subject to hydrolysis) is 1. The molecule has 2 atom stereocenters. The van der Waals surface area contributed by atoms with Crippen LogP contribution in [0.1, 0.15) is 25.8 Å². The molecule has 1 aromatic carbocycles. The Morgan fingerprint density at radius 3 is 2.32 bits per heavy atom. The summed E-state index contributed by atoms with van der Waals surface area (Å²) in [6.45, 7) is 3.79. The number of hydrogen-bond acceptors (Lipinski definition) is 5. The number of carbonyl (C=O) groups is 3. The first-order valence-corrected chi connectivity index (χ1v) is 8.19. The summed E-state index contributed by atoms with van der Waals surface area (Å²) >= 11 is 0. The minimum Gasteiger partial charge on any atom is -0.466 e. The normalized spacial score (nSPS) is 12.6. The van der Waals surface area contributed by atoms with Crippen LogP contribution < -0.4 is 5.32 Å². The second-order valence-electron chi connectivity index (χ2n) is 5.90. The monoisotopic (exact) mass is 350 g/mol. The van der Waals surface area contributed by atoms with Gasteiger partial charge in [0, 0.05) is 14.1 Å². The third-order valence-corrected chi connectivity index (χ3v) is 3.56. The lowest BCUT2D eigenvalue weighted by Crippen LogP contribution is -2.50. The summed E-state index contributed by atoms with van der Waals surface area (Å²) in [7, 11) is 3.17. The third kappa shape index (κ3) is 7.24. The predicted octanol–water partition coefficient (Wildman–Crippen LogP) is 1.96. The summed E-state index contributed by atoms with van der Waals surface area (Å²) in [6, 6.07) is 8.35. The van der Waals surface area contributed by atoms with Gasteiger partial charge in [0.15, 0.2) is 0 Å². The van der Waals surface area contributed by atoms with Gasteiger partial charge in [0.25, 0.3) is 0 Å². The molecule has 1 aromatic rings. The standard InChI is InChI=1S/C18H26N2O5/c1-5-24-15(21)11-13(2)16(17(22)20(3)4)19-18(23)25-12-14-9-7-6-8-10-14/h6-10,13,16H,5,11-12H2,1-4H3,(H,19,23)/t13-,16+/m0/s1. The Morgan fingerprint density at radius 2 is 1.76 bits per heavy atom. The van der Waals surface area contributed by atoms with Gasteiger partial charge in [-0.05, 0) is 18.4 Å². The largest absolute Gasteiger partial charge is 0.466 e. The first-order chi connectivity index (χ1) is 11.8. The molecule has 1 N–H and O–H groups in total. The summed E-state index contributed by atoms with van der Waals surface area (Å²) in [4.78, 5) is 37.4. The van der Waals surface area contributed by atoms with E-state index in [2.05, 4.69) is 5.32 Å². The van der Waals surface area contributed by atoms with Crippen LogP contribution in [0, 0.1) is 5.92 Å². The van der Waals surface area contributed by atoms with Crippen molar-refractivity contribution < 1.29 is 23.9 Å². The third-order valence-electron chi connectivity index (χ3n) is 3.56. The fourth-order valence-electron chi connectivity index (χ4n) is 2.22. The zero-order valence-electron chi connectivity index (χ0n) is 15.2. The lowest BCUT2D eigenvalue weighted by atomic mass is 9.97. The van der Waals surface area contributed by atoms with E-state index < -0.39 is 24.0 Å². The van der Waals surface area contributed by atoms with Crippen molar-refractivity contribution in [2.75, 3.05) is 20.7 Å². The van der Waals surface area contributed by atoms with Crippen molar-refractivity contribution in [1.82, 2.24) is 10.2 Å². The van der Waals surface area contributed by atoms with Crippen LogP contribution in [0.5, 0.6) is 0 Å². The van der Waals surface area contributed by atoms with E-state index in [9.17, 15) is 14.4 Å². The molecule has 25 heavy (non-hydrogen) atoms. The Hall–Kier alpha value is -2.57. The van der Waals surface area contributed by atoms with Gasteiger partial charge in [-0.25, -0.2) is 4.79 Å². The molecule has 0 heterocycles. The van der Waals surface area contributed by atoms with E-state index in [0.29, 0.717) is 0 Å². The quantitative estimate of drug-likeness (QED) is 0.725. The van der Waals surface area contributed by atoms with Gasteiger partial charge in [-0.2, -0.15) is 0 Å². The Labute approximate surface area is 148 Å². The molecule has 2 amide bonds. The number of hydrogen-bond donors (Lipinski definition) is 1. The van der Waals surface area contributed by atoms with E-state index in [1.165, 1.54) is 4.90 Å². The number of ether oxygens (including phenoxy) is 2. The molecule has 7 nitrogen and oxygen atoms in total. The highest BCUT2D eigenvalue weighted by atomic mass is 16.5. The van der Waals surface area contributed by atoms with Gasteiger partial charge in [-0.3, -0.25) is 9.59 Å². The first-order valence-electron chi connectivity index (χ1n) is 8.19. The van der Waals surface area contributed by atoms with Crippen LogP contribution in [-0.2, 0) is 25.7 Å². The van der Waals surface area contributed by atoms with Crippen molar-refractivity contribution in [1.29, 1.82) is 0 Å². The first kappa shape index (κ1) is 20.5. The highest BCUT2D eigenvalue weighted by Crippen LogP contribution is 2.12. The van der Waals surface area contributed by atoms with Crippen molar-refractivity contribution >= 4 is 18.0 Å². The van der Waals surface area contributed by atoms with Gasteiger partial charge in [-0.15, -0.1) is 0 Å². The fourth-order valence-corrected chi connectivity index (χ4v) is 2.22. The van der Waals surface area contributed by atoms with Crippen LogP contribution in [-0.4, -0.2) is 49.6 Å². The van der Waals surface area contributed by atoms with E-state index in [0.717, 1.165) is 5.56 Å². The molecular weight excluding hydrogens is 324 g/mol. The molecule has 0 bridgehead atoms. The maximum absolute atomic E-state index is 12.3. The average Bonchev–Trinajstić information content (AvgIpc) is 2.58. The van der Waals surface area contributed by atoms with Gasteiger partial charge in [0.05, 0.1) is 13.0 Å². The van der Waals surface area contributed by atoms with Gasteiger partial charge >= 0.3 is 12.1 Å². The molecule has 1 rings (SSSR count). The molecule has 0 spiro atoms. The zero-order chi connectivity index (χ0) is 18.8. The fraction of sp³-hybridized carbons (Fsp3) is 0.500. The van der Waals surface area contributed by atoms with E-state index in [1.54, 1.807) is 27.9 Å². The van der Waals surface area contributed by atoms with E-state index >= 15 is 0 Å². The van der Waals surface area contributed by atoms with Crippen LogP contribution in [0.2, 0.25) is 0 Å². The van der Waals surface area contributed by atoms with Crippen LogP contribution >= 0.6 is 0 Å². The Kier molecular flexibility index (Phi) is 8.46. The Morgan fingerprint density at radius 1 is 1.12 bits per heavy atom. The van der Waals surface area contributed by atoms with E-state index in [-0.39, 0.29) is 25.5 Å². The number of amides is 2. The molecular formula is C18H26N2O5. The molecule has 7 heteroatoms. The van der Waals surface area contributed by atoms with Gasteiger partial charge in [-0.1, -0.05) is 37.3 Å². The summed E-state index contributed by atoms with van der Waals surface area (Å²) in [5, 5.41) is 2.56. The van der Waals surface area contributed by atoms with Crippen molar-refractivity contribution in [3.05, 3.63) is 35.9 Å². The number of nitrogens with one attached hydrogen (secondary N) is 1. The van der Waals surface area contributed by atoms with Crippen LogP contribution in [0.4, 0.5) is 4.79 Å². The highest BCUT2D eigenvalue weighted by Gasteiger charge is 2.30. The van der Waals surface area contributed by atoms with Crippen molar-refractivity contribution in [2.24, 2.45) is 5.92 Å². The van der Waals surface area contributed by atoms with Crippen molar-refractivity contribution in [3.63, 3.8) is 0 Å². The van der Waals surface area contributed by atoms with Crippen LogP contribution in [0.3, 0.4) is 0 Å². The van der Waals surface area contributed by atoms with Crippen LogP contribution in [0.15, 0.2) is 30.3 Å². The van der Waals surface area contributed by atoms with Crippen molar-refractivity contribution in [3.8, 4) is 0 Å². The zero-order valence-corrected chi connectivity index (χ0v) is 15.2. The average molecular weight is 350 g/mol. The van der Waals surface area contributed by atoms with Gasteiger partial charge in [0.2, 0.25) is 5.91 Å². The van der Waals surface area contributed by atoms with Gasteiger partial charge in [0.1, 0.15) is 12.6 Å². The molecule has 0 aliphatic carbocycles. The lowest BCUT2D eigenvalue weighted by Gasteiger charge is -2.26. The number of rotatable bonds is 8. The number of likely N-dealkylation sites (N-methyl/N-ethyl adjacent to an activating group) is 1. The Balaban J connectivity index is 2.67. The number of carbonyl (C=O) groups excluding carboxylic acids is 3. The SMILES string of the molecule is CCOC(=O)C[C@H](C)[C@@H](NC(=O)OCc1ccccc1)C(=O)N(C)C. The minimum absolute atomic E-state index is 0.0249. The van der Waals surface area contributed by atoms with Gasteiger partial charge < -0.3 is 19.7 Å². The predicted molar refractivity (Wildman–Crippen MR) is 92.7 cm³/mol. The molecule has 0 radical (unpaired) electrons. The molecule has 0 unspecified atom stereocenters. The number of nitrogens with zero attached hydrogens (tertiary/aromatic N) is 1. The lowest BCUT2D eigenvalue weighted by molar-refractivity contribution is -0.144. The summed E-state index contributed by atoms with van der Waals surface area (Å²) in [5.74, 6) is -1.15. The van der Waals surface area contributed by atoms with E-state index in [1.807, 2.05) is 30.3 Å². The Bertz CT molecular complexity index is 574. The van der Waals surface area contributed by atoms with Crippen LogP contribution in [0.25, 0.3) is 0 Å². The maximum atomic E-state index is 12.3. The second kappa shape index (κ2) is 10.3.